The summed E-state index contributed by atoms with van der Waals surface area (Å²) in [7, 11) is -1.62. The van der Waals surface area contributed by atoms with Gasteiger partial charge in [0.25, 0.3) is 0 Å². The number of rotatable bonds is 2. The molecule has 1 aliphatic rings. The smallest absolute Gasteiger partial charge is 0.243 e. The molecule has 0 aliphatic carbocycles. The van der Waals surface area contributed by atoms with Crippen LogP contribution in [0.4, 0.5) is 10.1 Å². The lowest BCUT2D eigenvalue weighted by molar-refractivity contribution is 0.347. The normalized spacial score (nSPS) is 19.3. The number of halogens is 1. The van der Waals surface area contributed by atoms with Crippen molar-refractivity contribution in [2.75, 3.05) is 39.0 Å². The van der Waals surface area contributed by atoms with Gasteiger partial charge in [0.1, 0.15) is 5.82 Å². The van der Waals surface area contributed by atoms with E-state index in [1.54, 1.807) is 0 Å². The van der Waals surface area contributed by atoms with Crippen LogP contribution in [0.25, 0.3) is 0 Å². The lowest BCUT2D eigenvalue weighted by atomic mass is 10.3. The summed E-state index contributed by atoms with van der Waals surface area (Å²) in [6, 6.07) is 3.53. The van der Waals surface area contributed by atoms with Crippen molar-refractivity contribution in [2.24, 2.45) is 0 Å². The van der Waals surface area contributed by atoms with E-state index in [1.165, 1.54) is 16.4 Å². The van der Waals surface area contributed by atoms with Crippen LogP contribution in [-0.4, -0.2) is 50.8 Å². The summed E-state index contributed by atoms with van der Waals surface area (Å²) in [5.41, 5.74) is 5.29. The fourth-order valence-corrected chi connectivity index (χ4v) is 3.60. The number of nitrogens with zero attached hydrogens (tertiary/aromatic N) is 2. The van der Waals surface area contributed by atoms with E-state index < -0.39 is 15.8 Å². The molecule has 0 unspecified atom stereocenters. The van der Waals surface area contributed by atoms with Crippen molar-refractivity contribution in [1.82, 2.24) is 9.21 Å². The van der Waals surface area contributed by atoms with Gasteiger partial charge in [-0.25, -0.2) is 12.8 Å². The van der Waals surface area contributed by atoms with Gasteiger partial charge in [0.2, 0.25) is 10.0 Å². The number of likely N-dealkylation sites (N-methyl/N-ethyl adjacent to an activating group) is 1. The predicted molar refractivity (Wildman–Crippen MR) is 71.7 cm³/mol. The molecular formula is C12H18FN3O2S. The van der Waals surface area contributed by atoms with Gasteiger partial charge in [-0.05, 0) is 38.2 Å². The maximum Gasteiger partial charge on any atom is 0.243 e. The second kappa shape index (κ2) is 5.44. The number of sulfonamides is 1. The van der Waals surface area contributed by atoms with Crippen molar-refractivity contribution in [1.29, 1.82) is 0 Å². The molecule has 0 aromatic heterocycles. The van der Waals surface area contributed by atoms with Crippen molar-refractivity contribution in [3.63, 3.8) is 0 Å². The van der Waals surface area contributed by atoms with Gasteiger partial charge < -0.3 is 10.6 Å². The minimum atomic E-state index is -3.59. The van der Waals surface area contributed by atoms with E-state index in [0.29, 0.717) is 19.6 Å². The van der Waals surface area contributed by atoms with Gasteiger partial charge in [-0.3, -0.25) is 0 Å². The molecule has 7 heteroatoms. The Bertz CT molecular complexity index is 562. The summed E-state index contributed by atoms with van der Waals surface area (Å²) in [5.74, 6) is -0.602. The lowest BCUT2D eigenvalue weighted by Gasteiger charge is -2.20. The maximum absolute atomic E-state index is 13.1. The van der Waals surface area contributed by atoms with Crippen molar-refractivity contribution in [2.45, 2.75) is 11.3 Å². The van der Waals surface area contributed by atoms with Crippen molar-refractivity contribution in [3.8, 4) is 0 Å². The summed E-state index contributed by atoms with van der Waals surface area (Å²) in [6.07, 6.45) is 0.784. The molecule has 5 nitrogen and oxygen atoms in total. The van der Waals surface area contributed by atoms with E-state index in [4.69, 9.17) is 5.73 Å². The zero-order valence-corrected chi connectivity index (χ0v) is 11.7. The number of nitrogen functional groups attached to an aromatic ring is 1. The standard InChI is InChI=1S/C12H18FN3O2S/c1-15-5-2-6-16(8-7-15)19(17,18)10-3-4-11(13)12(14)9-10/h3-4,9H,2,5-8,14H2,1H3. The first-order valence-corrected chi connectivity index (χ1v) is 7.59. The SMILES string of the molecule is CN1CCCN(S(=O)(=O)c2ccc(F)c(N)c2)CC1. The van der Waals surface area contributed by atoms with Gasteiger partial charge in [0.05, 0.1) is 10.6 Å². The molecule has 1 heterocycles. The zero-order chi connectivity index (χ0) is 14.0. The van der Waals surface area contributed by atoms with Crippen LogP contribution in [0.3, 0.4) is 0 Å². The van der Waals surface area contributed by atoms with Crippen LogP contribution < -0.4 is 5.73 Å². The fourth-order valence-electron chi connectivity index (χ4n) is 2.09. The number of nitrogens with two attached hydrogens (primary N) is 1. The first-order chi connectivity index (χ1) is 8.91. The summed E-state index contributed by atoms with van der Waals surface area (Å²) >= 11 is 0. The first-order valence-electron chi connectivity index (χ1n) is 6.15. The maximum atomic E-state index is 13.1. The third-order valence-corrected chi connectivity index (χ3v) is 5.18. The molecule has 1 aliphatic heterocycles. The zero-order valence-electron chi connectivity index (χ0n) is 10.8. The lowest BCUT2D eigenvalue weighted by Crippen LogP contribution is -2.34. The molecule has 0 saturated carbocycles. The number of hydrogen-bond acceptors (Lipinski definition) is 4. The number of anilines is 1. The Morgan fingerprint density at radius 2 is 1.95 bits per heavy atom. The quantitative estimate of drug-likeness (QED) is 0.815. The van der Waals surface area contributed by atoms with Crippen molar-refractivity contribution in [3.05, 3.63) is 24.0 Å². The Kier molecular flexibility index (Phi) is 4.07. The van der Waals surface area contributed by atoms with Gasteiger partial charge in [0.15, 0.2) is 0 Å². The third kappa shape index (κ3) is 3.05. The van der Waals surface area contributed by atoms with Gasteiger partial charge in [0, 0.05) is 19.6 Å². The highest BCUT2D eigenvalue weighted by Crippen LogP contribution is 2.21. The van der Waals surface area contributed by atoms with E-state index in [9.17, 15) is 12.8 Å². The van der Waals surface area contributed by atoms with Crippen LogP contribution in [0.15, 0.2) is 23.1 Å². The van der Waals surface area contributed by atoms with Crippen LogP contribution in [0.5, 0.6) is 0 Å². The first kappa shape index (κ1) is 14.2. The van der Waals surface area contributed by atoms with Crippen LogP contribution >= 0.6 is 0 Å². The molecule has 0 spiro atoms. The van der Waals surface area contributed by atoms with Crippen LogP contribution in [0, 0.1) is 5.82 Å². The molecule has 1 fully saturated rings. The molecule has 0 radical (unpaired) electrons. The Hall–Kier alpha value is -1.18. The molecule has 2 rings (SSSR count). The fraction of sp³-hybridized carbons (Fsp3) is 0.500. The van der Waals surface area contributed by atoms with Crippen LogP contribution in [-0.2, 0) is 10.0 Å². The Labute approximate surface area is 112 Å². The number of benzene rings is 1. The molecule has 2 N–H and O–H groups in total. The third-order valence-electron chi connectivity index (χ3n) is 3.28. The van der Waals surface area contributed by atoms with E-state index in [0.717, 1.165) is 19.0 Å². The van der Waals surface area contributed by atoms with Crippen molar-refractivity contribution >= 4 is 15.7 Å². The minimum absolute atomic E-state index is 0.0518. The molecule has 0 atom stereocenters. The molecule has 1 saturated heterocycles. The van der Waals surface area contributed by atoms with Crippen LogP contribution in [0.1, 0.15) is 6.42 Å². The predicted octanol–water partition coefficient (Wildman–Crippen LogP) is 0.734. The number of hydrogen-bond donors (Lipinski definition) is 1. The highest BCUT2D eigenvalue weighted by molar-refractivity contribution is 7.89. The molecule has 1 aromatic carbocycles. The average molecular weight is 287 g/mol. The minimum Gasteiger partial charge on any atom is -0.396 e. The Morgan fingerprint density at radius 3 is 2.63 bits per heavy atom. The molecule has 0 amide bonds. The van der Waals surface area contributed by atoms with Crippen molar-refractivity contribution < 1.29 is 12.8 Å². The van der Waals surface area contributed by atoms with E-state index in [2.05, 4.69) is 4.90 Å². The average Bonchev–Trinajstić information content (AvgIpc) is 2.57. The van der Waals surface area contributed by atoms with E-state index in [-0.39, 0.29) is 10.6 Å². The van der Waals surface area contributed by atoms with Gasteiger partial charge in [-0.1, -0.05) is 0 Å². The largest absolute Gasteiger partial charge is 0.396 e. The topological polar surface area (TPSA) is 66.6 Å². The highest BCUT2D eigenvalue weighted by atomic mass is 32.2. The summed E-state index contributed by atoms with van der Waals surface area (Å²) in [5, 5.41) is 0. The van der Waals surface area contributed by atoms with Gasteiger partial charge in [-0.2, -0.15) is 4.31 Å². The molecule has 1 aromatic rings. The molecule has 106 valence electrons. The van der Waals surface area contributed by atoms with Gasteiger partial charge >= 0.3 is 0 Å². The highest BCUT2D eigenvalue weighted by Gasteiger charge is 2.26. The molecular weight excluding hydrogens is 269 g/mol. The molecule has 19 heavy (non-hydrogen) atoms. The second-order valence-corrected chi connectivity index (χ2v) is 6.68. The summed E-state index contributed by atoms with van der Waals surface area (Å²) in [4.78, 5) is 2.14. The Morgan fingerprint density at radius 1 is 1.21 bits per heavy atom. The van der Waals surface area contributed by atoms with Crippen LogP contribution in [0.2, 0.25) is 0 Å². The summed E-state index contributed by atoms with van der Waals surface area (Å²) < 4.78 is 39.4. The monoisotopic (exact) mass is 287 g/mol. The van der Waals surface area contributed by atoms with E-state index in [1.807, 2.05) is 7.05 Å². The second-order valence-electron chi connectivity index (χ2n) is 4.74. The van der Waals surface area contributed by atoms with Gasteiger partial charge in [-0.15, -0.1) is 0 Å². The van der Waals surface area contributed by atoms with E-state index >= 15 is 0 Å². The summed E-state index contributed by atoms with van der Waals surface area (Å²) in [6.45, 7) is 2.48. The molecule has 0 bridgehead atoms. The Balaban J connectivity index is 2.28.